The first-order valence-electron chi connectivity index (χ1n) is 9.85. The largest absolute Gasteiger partial charge is 0.461 e. The Kier molecular flexibility index (Phi) is 6.27. The maximum atomic E-state index is 12.6. The highest BCUT2D eigenvalue weighted by atomic mass is 35.5. The lowest BCUT2D eigenvalue weighted by Gasteiger charge is -2.04. The van der Waals surface area contributed by atoms with E-state index in [1.54, 1.807) is 0 Å². The van der Waals surface area contributed by atoms with Crippen LogP contribution in [0.25, 0.3) is 20.2 Å². The van der Waals surface area contributed by atoms with Gasteiger partial charge in [-0.1, -0.05) is 59.6 Å². The highest BCUT2D eigenvalue weighted by Gasteiger charge is 2.64. The Hall–Kier alpha value is -1.54. The van der Waals surface area contributed by atoms with Crippen LogP contribution < -0.4 is 0 Å². The lowest BCUT2D eigenvalue weighted by molar-refractivity contribution is 0.0425. The van der Waals surface area contributed by atoms with Gasteiger partial charge < -0.3 is 9.47 Å². The third kappa shape index (κ3) is 4.22. The summed E-state index contributed by atoms with van der Waals surface area (Å²) in [5, 5.41) is 2.34. The summed E-state index contributed by atoms with van der Waals surface area (Å²) in [4.78, 5) is 25.8. The summed E-state index contributed by atoms with van der Waals surface area (Å²) in [5.41, 5.74) is 0. The number of hydrogen-bond acceptors (Lipinski definition) is 6. The number of fused-ring (bicyclic) bond motifs is 2. The van der Waals surface area contributed by atoms with Crippen molar-refractivity contribution in [2.24, 2.45) is 11.8 Å². The molecule has 0 bridgehead atoms. The Balaban J connectivity index is 1.20. The Morgan fingerprint density at radius 2 is 1.15 bits per heavy atom. The molecule has 170 valence electrons. The molecular weight excluding hydrogens is 546 g/mol. The molecule has 33 heavy (non-hydrogen) atoms. The van der Waals surface area contributed by atoms with Gasteiger partial charge in [0.05, 0.1) is 23.3 Å². The van der Waals surface area contributed by atoms with Crippen LogP contribution in [-0.2, 0) is 9.47 Å². The molecule has 2 atom stereocenters. The number of hydrogen-bond donors (Lipinski definition) is 0. The molecule has 10 heteroatoms. The van der Waals surface area contributed by atoms with Crippen molar-refractivity contribution < 1.29 is 19.1 Å². The van der Waals surface area contributed by atoms with Crippen LogP contribution in [0.3, 0.4) is 0 Å². The zero-order valence-corrected chi connectivity index (χ0v) is 21.3. The SMILES string of the molecule is O=C(OC[C@H]1[C@H](COC(=O)c2sc3ccccc3c2Cl)C1(Cl)Cl)c1sc2ccccc2c1Cl. The second-order valence-electron chi connectivity index (χ2n) is 7.57. The number of benzene rings is 2. The van der Waals surface area contributed by atoms with Gasteiger partial charge in [0.1, 0.15) is 14.1 Å². The van der Waals surface area contributed by atoms with Crippen LogP contribution in [0.5, 0.6) is 0 Å². The second-order valence-corrected chi connectivity index (χ2v) is 11.9. The van der Waals surface area contributed by atoms with Gasteiger partial charge in [-0.3, -0.25) is 0 Å². The first-order valence-corrected chi connectivity index (χ1v) is 13.0. The molecule has 0 radical (unpaired) electrons. The lowest BCUT2D eigenvalue weighted by Crippen LogP contribution is -2.10. The van der Waals surface area contributed by atoms with Crippen LogP contribution in [0.2, 0.25) is 10.0 Å². The Bertz CT molecular complexity index is 1290. The van der Waals surface area contributed by atoms with Crippen LogP contribution in [0, 0.1) is 11.8 Å². The third-order valence-corrected chi connectivity index (χ3v) is 10.0. The molecule has 0 amide bonds. The molecule has 5 rings (SSSR count). The fourth-order valence-electron chi connectivity index (χ4n) is 3.67. The van der Waals surface area contributed by atoms with Gasteiger partial charge in [0.2, 0.25) is 0 Å². The van der Waals surface area contributed by atoms with E-state index in [9.17, 15) is 9.59 Å². The Morgan fingerprint density at radius 1 is 0.758 bits per heavy atom. The average Bonchev–Trinajstić information content (AvgIpc) is 3.05. The molecule has 0 spiro atoms. The minimum absolute atomic E-state index is 0.0116. The maximum absolute atomic E-state index is 12.6. The highest BCUT2D eigenvalue weighted by molar-refractivity contribution is 7.22. The van der Waals surface area contributed by atoms with Gasteiger partial charge in [0.15, 0.2) is 0 Å². The average molecular weight is 560 g/mol. The molecule has 1 fully saturated rings. The van der Waals surface area contributed by atoms with Gasteiger partial charge in [0.25, 0.3) is 0 Å². The number of halogens is 4. The normalized spacial score (nSPS) is 19.0. The summed E-state index contributed by atoms with van der Waals surface area (Å²) in [7, 11) is 0. The molecule has 0 unspecified atom stereocenters. The van der Waals surface area contributed by atoms with E-state index in [4.69, 9.17) is 55.9 Å². The number of carbonyl (C=O) groups is 2. The molecule has 2 aromatic carbocycles. The van der Waals surface area contributed by atoms with Crippen LogP contribution >= 0.6 is 69.1 Å². The standard InChI is InChI=1S/C23H14Cl4O4S2/c24-17-11-5-1-3-7-15(11)32-19(17)21(28)30-9-13-14(23(13,26)27)10-31-22(29)20-18(25)12-6-2-4-8-16(12)33-20/h1-8,13-14H,9-10H2/t13-,14-/m0/s1. The van der Waals surface area contributed by atoms with Crippen molar-refractivity contribution in [3.05, 3.63) is 68.3 Å². The summed E-state index contributed by atoms with van der Waals surface area (Å²) >= 11 is 27.9. The van der Waals surface area contributed by atoms with Crippen molar-refractivity contribution in [3.63, 3.8) is 0 Å². The van der Waals surface area contributed by atoms with Gasteiger partial charge in [-0.2, -0.15) is 0 Å². The van der Waals surface area contributed by atoms with Crippen molar-refractivity contribution in [1.29, 1.82) is 0 Å². The smallest absolute Gasteiger partial charge is 0.349 e. The predicted molar refractivity (Wildman–Crippen MR) is 136 cm³/mol. The molecule has 1 aliphatic rings. The highest BCUT2D eigenvalue weighted by Crippen LogP contribution is 2.59. The molecule has 0 saturated heterocycles. The number of alkyl halides is 2. The van der Waals surface area contributed by atoms with Gasteiger partial charge in [-0.05, 0) is 12.1 Å². The Labute approximate surface area is 216 Å². The quantitative estimate of drug-likeness (QED) is 0.178. The molecule has 2 aromatic heterocycles. The van der Waals surface area contributed by atoms with E-state index < -0.39 is 16.3 Å². The van der Waals surface area contributed by atoms with Crippen LogP contribution in [-0.4, -0.2) is 29.5 Å². The fourth-order valence-corrected chi connectivity index (χ4v) is 7.21. The van der Waals surface area contributed by atoms with Crippen molar-refractivity contribution in [1.82, 2.24) is 0 Å². The monoisotopic (exact) mass is 558 g/mol. The fraction of sp³-hybridized carbons (Fsp3) is 0.217. The lowest BCUT2D eigenvalue weighted by atomic mass is 10.2. The first-order chi connectivity index (χ1) is 15.8. The van der Waals surface area contributed by atoms with Crippen LogP contribution in [0.15, 0.2) is 48.5 Å². The first kappa shape index (κ1) is 23.2. The third-order valence-electron chi connectivity index (χ3n) is 5.59. The number of ether oxygens (including phenoxy) is 2. The minimum Gasteiger partial charge on any atom is -0.461 e. The van der Waals surface area contributed by atoms with Gasteiger partial charge >= 0.3 is 11.9 Å². The molecular formula is C23H14Cl4O4S2. The molecule has 2 heterocycles. The predicted octanol–water partition coefficient (Wildman–Crippen LogP) is 7.86. The van der Waals surface area contributed by atoms with E-state index in [1.165, 1.54) is 22.7 Å². The van der Waals surface area contributed by atoms with Crippen LogP contribution in [0.4, 0.5) is 0 Å². The van der Waals surface area contributed by atoms with E-state index >= 15 is 0 Å². The number of rotatable bonds is 6. The second kappa shape index (κ2) is 8.91. The summed E-state index contributed by atoms with van der Waals surface area (Å²) < 4.78 is 11.5. The van der Waals surface area contributed by atoms with E-state index in [1.807, 2.05) is 48.5 Å². The topological polar surface area (TPSA) is 52.6 Å². The van der Waals surface area contributed by atoms with Crippen LogP contribution in [0.1, 0.15) is 19.3 Å². The zero-order chi connectivity index (χ0) is 23.3. The summed E-state index contributed by atoms with van der Waals surface area (Å²) in [6.45, 7) is -0.0233. The zero-order valence-electron chi connectivity index (χ0n) is 16.6. The number of esters is 2. The molecule has 1 aliphatic carbocycles. The number of thiophene rings is 2. The molecule has 1 saturated carbocycles. The Morgan fingerprint density at radius 3 is 1.55 bits per heavy atom. The van der Waals surface area contributed by atoms with E-state index in [0.717, 1.165) is 20.2 Å². The van der Waals surface area contributed by atoms with Gasteiger partial charge in [0, 0.05) is 32.0 Å². The van der Waals surface area contributed by atoms with Crippen molar-refractivity contribution in [3.8, 4) is 0 Å². The number of carbonyl (C=O) groups excluding carboxylic acids is 2. The molecule has 0 aliphatic heterocycles. The summed E-state index contributed by atoms with van der Waals surface area (Å²) in [6, 6.07) is 14.9. The van der Waals surface area contributed by atoms with E-state index in [2.05, 4.69) is 0 Å². The minimum atomic E-state index is -1.16. The van der Waals surface area contributed by atoms with Crippen molar-refractivity contribution >= 4 is 101 Å². The van der Waals surface area contributed by atoms with E-state index in [0.29, 0.717) is 19.8 Å². The maximum Gasteiger partial charge on any atom is 0.349 e. The van der Waals surface area contributed by atoms with Crippen molar-refractivity contribution in [2.75, 3.05) is 13.2 Å². The molecule has 0 N–H and O–H groups in total. The molecule has 4 nitrogen and oxygen atoms in total. The summed E-state index contributed by atoms with van der Waals surface area (Å²) in [5.74, 6) is -1.82. The molecule has 4 aromatic rings. The van der Waals surface area contributed by atoms with Gasteiger partial charge in [-0.25, -0.2) is 9.59 Å². The van der Waals surface area contributed by atoms with E-state index in [-0.39, 0.29) is 25.0 Å². The summed E-state index contributed by atoms with van der Waals surface area (Å²) in [6.07, 6.45) is 0. The van der Waals surface area contributed by atoms with Crippen molar-refractivity contribution in [2.45, 2.75) is 4.33 Å². The van der Waals surface area contributed by atoms with Gasteiger partial charge in [-0.15, -0.1) is 45.9 Å².